The summed E-state index contributed by atoms with van der Waals surface area (Å²) in [5.41, 5.74) is 0. The van der Waals surface area contributed by atoms with Gasteiger partial charge in [0.25, 0.3) is 5.92 Å². The first-order valence-corrected chi connectivity index (χ1v) is 1.93. The molecule has 0 aromatic heterocycles. The number of rotatable bonds is 3. The first kappa shape index (κ1) is 7.33. The van der Waals surface area contributed by atoms with Crippen molar-refractivity contribution in [3.63, 3.8) is 0 Å². The van der Waals surface area contributed by atoms with E-state index in [1.54, 1.807) is 0 Å². The molecule has 8 heavy (non-hydrogen) atoms. The van der Waals surface area contributed by atoms with Gasteiger partial charge < -0.3 is 4.74 Å². The minimum absolute atomic E-state index is 0.657. The number of hydrogen-bond acceptors (Lipinski definition) is 2. The smallest absolute Gasteiger partial charge is 0.417 e. The van der Waals surface area contributed by atoms with E-state index in [-0.39, 0.29) is 0 Å². The summed E-state index contributed by atoms with van der Waals surface area (Å²) in [5.74, 6) is -2.93. The quantitative estimate of drug-likeness (QED) is 0.552. The maximum absolute atomic E-state index is 11.6. The van der Waals surface area contributed by atoms with Crippen molar-refractivity contribution in [3.8, 4) is 0 Å². The summed E-state index contributed by atoms with van der Waals surface area (Å²) >= 11 is 0. The molecule has 0 saturated carbocycles. The summed E-state index contributed by atoms with van der Waals surface area (Å²) in [6.45, 7) is 0.659. The van der Waals surface area contributed by atoms with Crippen molar-refractivity contribution in [1.82, 2.24) is 0 Å². The van der Waals surface area contributed by atoms with E-state index in [0.717, 1.165) is 6.47 Å². The molecule has 0 unspecified atom stereocenters. The molecule has 4 heteroatoms. The number of halogens is 2. The number of hydrogen-bond donors (Lipinski definition) is 0. The lowest BCUT2D eigenvalue weighted by Crippen LogP contribution is -2.17. The summed E-state index contributed by atoms with van der Waals surface area (Å²) in [6.07, 6.45) is 0. The Labute approximate surface area is 45.4 Å². The molecule has 2 nitrogen and oxygen atoms in total. The van der Waals surface area contributed by atoms with Gasteiger partial charge in [-0.1, -0.05) is 0 Å². The Balaban J connectivity index is 3.24. The molecule has 0 rings (SSSR count). The molecule has 0 heterocycles. The van der Waals surface area contributed by atoms with Crippen LogP contribution in [0.25, 0.3) is 0 Å². The highest BCUT2D eigenvalue weighted by Crippen LogP contribution is 2.09. The molecule has 0 atom stereocenters. The van der Waals surface area contributed by atoms with Crippen molar-refractivity contribution in [3.05, 3.63) is 0 Å². The van der Waals surface area contributed by atoms with Gasteiger partial charge in [0, 0.05) is 6.92 Å². The molecule has 0 amide bonds. The van der Waals surface area contributed by atoms with Crippen LogP contribution in [0.4, 0.5) is 8.78 Å². The van der Waals surface area contributed by atoms with Gasteiger partial charge in [0.2, 0.25) is 0 Å². The van der Waals surface area contributed by atoms with E-state index in [9.17, 15) is 13.6 Å². The molecule has 0 aliphatic carbocycles. The van der Waals surface area contributed by atoms with Gasteiger partial charge in [0.1, 0.15) is 0 Å². The van der Waals surface area contributed by atoms with Crippen LogP contribution in [0.15, 0.2) is 0 Å². The predicted octanol–water partition coefficient (Wildman–Crippen LogP) is 0.725. The Hall–Kier alpha value is -0.670. The van der Waals surface area contributed by atoms with Gasteiger partial charge in [-0.25, -0.2) is 13.6 Å². The molecule has 0 aliphatic heterocycles. The third-order valence-electron chi connectivity index (χ3n) is 0.385. The van der Waals surface area contributed by atoms with Gasteiger partial charge in [-0.05, 0) is 0 Å². The zero-order valence-corrected chi connectivity index (χ0v) is 4.28. The molecule has 0 N–H and O–H groups in total. The fraction of sp³-hybridized carbons (Fsp3) is 0.750. The van der Waals surface area contributed by atoms with Crippen molar-refractivity contribution in [2.75, 3.05) is 6.61 Å². The Bertz CT molecular complexity index is 76.6. The zero-order chi connectivity index (χ0) is 6.62. The predicted molar refractivity (Wildman–Crippen MR) is 22.3 cm³/mol. The SMILES string of the molecule is CC(F)(F)CO[C]=O. The average Bonchev–Trinajstić information content (AvgIpc) is 1.59. The zero-order valence-electron chi connectivity index (χ0n) is 4.28. The highest BCUT2D eigenvalue weighted by molar-refractivity contribution is 5.38. The molecule has 0 bridgehead atoms. The van der Waals surface area contributed by atoms with E-state index >= 15 is 0 Å². The normalized spacial score (nSPS) is 10.9. The van der Waals surface area contributed by atoms with Crippen LogP contribution < -0.4 is 0 Å². The van der Waals surface area contributed by atoms with Crippen LogP contribution in [0, 0.1) is 0 Å². The van der Waals surface area contributed by atoms with E-state index in [1.807, 2.05) is 0 Å². The van der Waals surface area contributed by atoms with Crippen LogP contribution in [0.3, 0.4) is 0 Å². The van der Waals surface area contributed by atoms with Crippen molar-refractivity contribution in [1.29, 1.82) is 0 Å². The van der Waals surface area contributed by atoms with Gasteiger partial charge in [-0.15, -0.1) is 0 Å². The van der Waals surface area contributed by atoms with Crippen LogP contribution in [0.2, 0.25) is 0 Å². The highest BCUT2D eigenvalue weighted by atomic mass is 19.3. The Morgan fingerprint density at radius 3 is 2.38 bits per heavy atom. The standard InChI is InChI=1S/C4H5F2O2/c1-4(5,6)2-8-3-7/h2H2,1H3. The Morgan fingerprint density at radius 2 is 2.25 bits per heavy atom. The second kappa shape index (κ2) is 2.59. The van der Waals surface area contributed by atoms with Crippen LogP contribution in [-0.4, -0.2) is 19.0 Å². The molecule has 0 saturated heterocycles. The fourth-order valence-electron chi connectivity index (χ4n) is 0.156. The largest absolute Gasteiger partial charge is 0.451 e. The fourth-order valence-corrected chi connectivity index (χ4v) is 0.156. The van der Waals surface area contributed by atoms with Gasteiger partial charge in [0.05, 0.1) is 0 Å². The molecule has 47 valence electrons. The van der Waals surface area contributed by atoms with Crippen LogP contribution in [0.5, 0.6) is 0 Å². The molecular formula is C4H5F2O2. The summed E-state index contributed by atoms with van der Waals surface area (Å²) in [6, 6.07) is 0. The van der Waals surface area contributed by atoms with Gasteiger partial charge >= 0.3 is 6.47 Å². The molecule has 1 radical (unpaired) electrons. The highest BCUT2D eigenvalue weighted by Gasteiger charge is 2.21. The average molecular weight is 123 g/mol. The van der Waals surface area contributed by atoms with Crippen molar-refractivity contribution in [2.45, 2.75) is 12.8 Å². The summed E-state index contributed by atoms with van der Waals surface area (Å²) in [5, 5.41) is 0. The third kappa shape index (κ3) is 5.33. The van der Waals surface area contributed by atoms with Crippen LogP contribution in [-0.2, 0) is 9.53 Å². The van der Waals surface area contributed by atoms with Gasteiger partial charge in [-0.3, -0.25) is 0 Å². The van der Waals surface area contributed by atoms with Gasteiger partial charge in [0.15, 0.2) is 6.61 Å². The van der Waals surface area contributed by atoms with Gasteiger partial charge in [-0.2, -0.15) is 0 Å². The molecular weight excluding hydrogens is 118 g/mol. The monoisotopic (exact) mass is 123 g/mol. The lowest BCUT2D eigenvalue weighted by Gasteiger charge is -2.05. The first-order chi connectivity index (χ1) is 3.56. The van der Waals surface area contributed by atoms with E-state index < -0.39 is 12.5 Å². The second-order valence-corrected chi connectivity index (χ2v) is 1.44. The van der Waals surface area contributed by atoms with E-state index in [2.05, 4.69) is 4.74 Å². The second-order valence-electron chi connectivity index (χ2n) is 1.44. The Morgan fingerprint density at radius 1 is 1.75 bits per heavy atom. The molecule has 0 aromatic rings. The molecule has 0 spiro atoms. The maximum Gasteiger partial charge on any atom is 0.417 e. The lowest BCUT2D eigenvalue weighted by molar-refractivity contribution is -0.0278. The van der Waals surface area contributed by atoms with Crippen LogP contribution in [0.1, 0.15) is 6.92 Å². The molecule has 0 aliphatic rings. The third-order valence-corrected chi connectivity index (χ3v) is 0.385. The van der Waals surface area contributed by atoms with E-state index in [0.29, 0.717) is 6.92 Å². The minimum Gasteiger partial charge on any atom is -0.451 e. The summed E-state index contributed by atoms with van der Waals surface area (Å²) in [4.78, 5) is 9.17. The topological polar surface area (TPSA) is 26.3 Å². The van der Waals surface area contributed by atoms with E-state index in [1.165, 1.54) is 0 Å². The summed E-state index contributed by atoms with van der Waals surface area (Å²) < 4.78 is 26.9. The van der Waals surface area contributed by atoms with Crippen molar-refractivity contribution < 1.29 is 18.3 Å². The van der Waals surface area contributed by atoms with Crippen molar-refractivity contribution >= 4 is 6.47 Å². The molecule has 0 aromatic carbocycles. The number of alkyl halides is 2. The Kier molecular flexibility index (Phi) is 2.37. The maximum atomic E-state index is 11.6. The van der Waals surface area contributed by atoms with E-state index in [4.69, 9.17) is 0 Å². The first-order valence-electron chi connectivity index (χ1n) is 1.93. The van der Waals surface area contributed by atoms with Crippen LogP contribution >= 0.6 is 0 Å². The number of carbonyl (C=O) groups excluding carboxylic acids is 1. The molecule has 0 fully saturated rings. The van der Waals surface area contributed by atoms with Crippen molar-refractivity contribution in [2.24, 2.45) is 0 Å². The summed E-state index contributed by atoms with van der Waals surface area (Å²) in [7, 11) is 0. The minimum atomic E-state index is -2.93. The number of ether oxygens (including phenoxy) is 1. The lowest BCUT2D eigenvalue weighted by atomic mass is 10.4.